The lowest BCUT2D eigenvalue weighted by molar-refractivity contribution is 0.922. The summed E-state index contributed by atoms with van der Waals surface area (Å²) < 4.78 is 0. The van der Waals surface area contributed by atoms with E-state index >= 15 is 0 Å². The molecular weight excluding hydrogens is 264 g/mol. The molecule has 0 radical (unpaired) electrons. The Kier molecular flexibility index (Phi) is 3.75. The fourth-order valence-corrected chi connectivity index (χ4v) is 2.73. The van der Waals surface area contributed by atoms with E-state index in [2.05, 4.69) is 55.5 Å². The SMILES string of the molecule is CCCc1ccc(-c2ccc3cc(Cl)ccc3c2)cc1. The third kappa shape index (κ3) is 2.71. The van der Waals surface area contributed by atoms with Crippen molar-refractivity contribution in [2.75, 3.05) is 0 Å². The molecule has 0 atom stereocenters. The third-order valence-electron chi connectivity index (χ3n) is 3.63. The maximum atomic E-state index is 6.02. The first-order valence-electron chi connectivity index (χ1n) is 7.05. The highest BCUT2D eigenvalue weighted by Gasteiger charge is 2.01. The van der Waals surface area contributed by atoms with Gasteiger partial charge in [0.15, 0.2) is 0 Å². The highest BCUT2D eigenvalue weighted by molar-refractivity contribution is 6.31. The van der Waals surface area contributed by atoms with Gasteiger partial charge >= 0.3 is 0 Å². The summed E-state index contributed by atoms with van der Waals surface area (Å²) in [6.07, 6.45) is 2.34. The van der Waals surface area contributed by atoms with E-state index in [-0.39, 0.29) is 0 Å². The second-order valence-electron chi connectivity index (χ2n) is 5.15. The van der Waals surface area contributed by atoms with Gasteiger partial charge in [0, 0.05) is 5.02 Å². The normalized spacial score (nSPS) is 10.9. The first-order chi connectivity index (χ1) is 9.76. The molecule has 3 rings (SSSR count). The zero-order valence-electron chi connectivity index (χ0n) is 11.6. The maximum Gasteiger partial charge on any atom is 0.0412 e. The molecule has 0 N–H and O–H groups in total. The van der Waals surface area contributed by atoms with E-state index in [0.717, 1.165) is 11.4 Å². The van der Waals surface area contributed by atoms with Gasteiger partial charge in [0.1, 0.15) is 0 Å². The second kappa shape index (κ2) is 5.68. The summed E-state index contributed by atoms with van der Waals surface area (Å²) in [5.74, 6) is 0. The number of aryl methyl sites for hydroxylation is 1. The van der Waals surface area contributed by atoms with E-state index in [1.54, 1.807) is 0 Å². The topological polar surface area (TPSA) is 0 Å². The summed E-state index contributed by atoms with van der Waals surface area (Å²) in [4.78, 5) is 0. The molecule has 0 aromatic heterocycles. The Balaban J connectivity index is 1.99. The van der Waals surface area contributed by atoms with Gasteiger partial charge in [0.2, 0.25) is 0 Å². The number of fused-ring (bicyclic) bond motifs is 1. The van der Waals surface area contributed by atoms with Crippen LogP contribution in [-0.4, -0.2) is 0 Å². The standard InChI is InChI=1S/C19H17Cl/c1-2-3-14-4-6-15(7-5-14)16-8-9-18-13-19(20)11-10-17(18)12-16/h4-13H,2-3H2,1H3. The zero-order valence-corrected chi connectivity index (χ0v) is 12.3. The van der Waals surface area contributed by atoms with Crippen LogP contribution in [0.2, 0.25) is 5.02 Å². The summed E-state index contributed by atoms with van der Waals surface area (Å²) in [6.45, 7) is 2.21. The van der Waals surface area contributed by atoms with E-state index in [0.29, 0.717) is 0 Å². The minimum atomic E-state index is 0.786. The summed E-state index contributed by atoms with van der Waals surface area (Å²) in [5, 5.41) is 3.20. The third-order valence-corrected chi connectivity index (χ3v) is 3.86. The van der Waals surface area contributed by atoms with Crippen molar-refractivity contribution in [3.8, 4) is 11.1 Å². The minimum Gasteiger partial charge on any atom is -0.0843 e. The largest absolute Gasteiger partial charge is 0.0843 e. The zero-order chi connectivity index (χ0) is 13.9. The van der Waals surface area contributed by atoms with Crippen LogP contribution < -0.4 is 0 Å². The Bertz CT molecular complexity index is 726. The van der Waals surface area contributed by atoms with Crippen molar-refractivity contribution in [3.05, 3.63) is 71.2 Å². The summed E-state index contributed by atoms with van der Waals surface area (Å²) in [6, 6.07) is 21.4. The van der Waals surface area contributed by atoms with E-state index < -0.39 is 0 Å². The van der Waals surface area contributed by atoms with Gasteiger partial charge in [-0.05, 0) is 52.1 Å². The van der Waals surface area contributed by atoms with Crippen molar-refractivity contribution < 1.29 is 0 Å². The predicted octanol–water partition coefficient (Wildman–Crippen LogP) is 6.11. The van der Waals surface area contributed by atoms with Crippen molar-refractivity contribution >= 4 is 22.4 Å². The van der Waals surface area contributed by atoms with Gasteiger partial charge in [0.25, 0.3) is 0 Å². The molecule has 0 amide bonds. The van der Waals surface area contributed by atoms with Crippen LogP contribution in [0.1, 0.15) is 18.9 Å². The number of benzene rings is 3. The molecule has 0 nitrogen and oxygen atoms in total. The van der Waals surface area contributed by atoms with Crippen molar-refractivity contribution in [2.24, 2.45) is 0 Å². The predicted molar refractivity (Wildman–Crippen MR) is 88.4 cm³/mol. The Morgan fingerprint density at radius 2 is 1.40 bits per heavy atom. The summed E-state index contributed by atoms with van der Waals surface area (Å²) in [7, 11) is 0. The van der Waals surface area contributed by atoms with Crippen LogP contribution in [0.5, 0.6) is 0 Å². The molecule has 0 saturated heterocycles. The molecule has 0 unspecified atom stereocenters. The average molecular weight is 281 g/mol. The van der Waals surface area contributed by atoms with Crippen molar-refractivity contribution in [1.82, 2.24) is 0 Å². The van der Waals surface area contributed by atoms with Crippen LogP contribution >= 0.6 is 11.6 Å². The highest BCUT2D eigenvalue weighted by atomic mass is 35.5. The summed E-state index contributed by atoms with van der Waals surface area (Å²) in [5.41, 5.74) is 3.92. The molecule has 0 aliphatic rings. The van der Waals surface area contributed by atoms with E-state index in [1.807, 2.05) is 12.1 Å². The van der Waals surface area contributed by atoms with Crippen molar-refractivity contribution in [3.63, 3.8) is 0 Å². The van der Waals surface area contributed by atoms with Gasteiger partial charge in [-0.2, -0.15) is 0 Å². The van der Waals surface area contributed by atoms with Crippen LogP contribution in [-0.2, 0) is 6.42 Å². The Morgan fingerprint density at radius 1 is 0.750 bits per heavy atom. The van der Waals surface area contributed by atoms with E-state index in [4.69, 9.17) is 11.6 Å². The molecular formula is C19H17Cl. The van der Waals surface area contributed by atoms with E-state index in [1.165, 1.54) is 33.9 Å². The molecule has 0 aliphatic heterocycles. The van der Waals surface area contributed by atoms with Gasteiger partial charge in [-0.1, -0.05) is 67.4 Å². The summed E-state index contributed by atoms with van der Waals surface area (Å²) >= 11 is 6.02. The Hall–Kier alpha value is -1.79. The lowest BCUT2D eigenvalue weighted by Crippen LogP contribution is -1.84. The number of hydrogen-bond acceptors (Lipinski definition) is 0. The molecule has 0 bridgehead atoms. The molecule has 0 saturated carbocycles. The van der Waals surface area contributed by atoms with Gasteiger partial charge in [0.05, 0.1) is 0 Å². The van der Waals surface area contributed by atoms with Crippen molar-refractivity contribution in [1.29, 1.82) is 0 Å². The maximum absolute atomic E-state index is 6.02. The van der Waals surface area contributed by atoms with E-state index in [9.17, 15) is 0 Å². The number of rotatable bonds is 3. The molecule has 0 spiro atoms. The van der Waals surface area contributed by atoms with Crippen LogP contribution in [0.4, 0.5) is 0 Å². The van der Waals surface area contributed by atoms with Gasteiger partial charge < -0.3 is 0 Å². The molecule has 20 heavy (non-hydrogen) atoms. The molecule has 100 valence electrons. The fourth-order valence-electron chi connectivity index (χ4n) is 2.55. The van der Waals surface area contributed by atoms with Crippen LogP contribution in [0, 0.1) is 0 Å². The molecule has 3 aromatic rings. The lowest BCUT2D eigenvalue weighted by Gasteiger charge is -2.06. The van der Waals surface area contributed by atoms with Crippen LogP contribution in [0.25, 0.3) is 21.9 Å². The first kappa shape index (κ1) is 13.2. The average Bonchev–Trinajstić information content (AvgIpc) is 2.48. The molecule has 3 aromatic carbocycles. The van der Waals surface area contributed by atoms with Crippen LogP contribution in [0.15, 0.2) is 60.7 Å². The lowest BCUT2D eigenvalue weighted by atomic mass is 9.99. The monoisotopic (exact) mass is 280 g/mol. The molecule has 1 heteroatoms. The molecule has 0 aliphatic carbocycles. The molecule has 0 heterocycles. The van der Waals surface area contributed by atoms with Gasteiger partial charge in [-0.15, -0.1) is 0 Å². The minimum absolute atomic E-state index is 0.786. The Labute approximate surface area is 125 Å². The van der Waals surface area contributed by atoms with Crippen LogP contribution in [0.3, 0.4) is 0 Å². The van der Waals surface area contributed by atoms with Gasteiger partial charge in [-0.25, -0.2) is 0 Å². The fraction of sp³-hybridized carbons (Fsp3) is 0.158. The van der Waals surface area contributed by atoms with Gasteiger partial charge in [-0.3, -0.25) is 0 Å². The number of hydrogen-bond donors (Lipinski definition) is 0. The smallest absolute Gasteiger partial charge is 0.0412 e. The molecule has 0 fully saturated rings. The highest BCUT2D eigenvalue weighted by Crippen LogP contribution is 2.26. The quantitative estimate of drug-likeness (QED) is 0.543. The Morgan fingerprint density at radius 3 is 2.15 bits per heavy atom. The van der Waals surface area contributed by atoms with Crippen molar-refractivity contribution in [2.45, 2.75) is 19.8 Å². The second-order valence-corrected chi connectivity index (χ2v) is 5.59. The number of halogens is 1. The first-order valence-corrected chi connectivity index (χ1v) is 7.43.